The second kappa shape index (κ2) is 8.97. The Morgan fingerprint density at radius 3 is 2.45 bits per heavy atom. The summed E-state index contributed by atoms with van der Waals surface area (Å²) in [6.45, 7) is 9.48. The molecule has 2 heterocycles. The number of fused-ring (bicyclic) bond motifs is 2. The van der Waals surface area contributed by atoms with E-state index < -0.39 is 94.2 Å². The van der Waals surface area contributed by atoms with Crippen LogP contribution >= 0.6 is 0 Å². The Morgan fingerprint density at radius 1 is 1.23 bits per heavy atom. The van der Waals surface area contributed by atoms with E-state index in [4.69, 9.17) is 18.9 Å². The Hall–Kier alpha value is -3.06. The molecule has 2 saturated heterocycles. The van der Waals surface area contributed by atoms with Crippen molar-refractivity contribution in [2.45, 2.75) is 70.2 Å². The number of aliphatic hydroxyl groups is 4. The molecule has 2 saturated carbocycles. The molecule has 11 atom stereocenters. The lowest BCUT2D eigenvalue weighted by Crippen LogP contribution is -2.78. The lowest BCUT2D eigenvalue weighted by atomic mass is 9.40. The molecule has 12 nitrogen and oxygen atoms in total. The molecule has 0 aromatic heterocycles. The van der Waals surface area contributed by atoms with E-state index in [2.05, 4.69) is 6.58 Å². The van der Waals surface area contributed by atoms with E-state index in [-0.39, 0.29) is 24.2 Å². The minimum atomic E-state index is -2.32. The Labute approximate surface area is 230 Å². The lowest BCUT2D eigenvalue weighted by molar-refractivity contribution is -0.273. The van der Waals surface area contributed by atoms with E-state index in [9.17, 15) is 39.6 Å². The van der Waals surface area contributed by atoms with Gasteiger partial charge in [0.25, 0.3) is 0 Å². The minimum absolute atomic E-state index is 0.00273. The first-order valence-electron chi connectivity index (χ1n) is 13.1. The van der Waals surface area contributed by atoms with Crippen LogP contribution in [0.15, 0.2) is 35.1 Å². The summed E-state index contributed by atoms with van der Waals surface area (Å²) in [6.07, 6.45) is -6.40. The predicted molar refractivity (Wildman–Crippen MR) is 133 cm³/mol. The smallest absolute Gasteiger partial charge is 0.348 e. The molecule has 0 amide bonds. The van der Waals surface area contributed by atoms with Crippen LogP contribution in [0.3, 0.4) is 0 Å². The van der Waals surface area contributed by atoms with Crippen molar-refractivity contribution in [3.05, 3.63) is 35.1 Å². The lowest BCUT2D eigenvalue weighted by Gasteiger charge is -2.65. The highest BCUT2D eigenvalue weighted by molar-refractivity contribution is 6.08. The maximum absolute atomic E-state index is 13.6. The number of carbonyl (C=O) groups is 4. The molecule has 0 aromatic rings. The molecule has 5 rings (SSSR count). The van der Waals surface area contributed by atoms with Crippen molar-refractivity contribution in [2.75, 3.05) is 13.7 Å². The number of ketones is 1. The first-order valence-corrected chi connectivity index (χ1v) is 13.1. The molecule has 3 aliphatic carbocycles. The fourth-order valence-electron chi connectivity index (χ4n) is 8.32. The summed E-state index contributed by atoms with van der Waals surface area (Å²) in [5.41, 5.74) is -4.01. The standard InChI is InChI=1S/C28H34O12/c1-10(2)16(12(4)29)23(34)40-19-21-27-9-38-28(21,25(36)37-6)22(33)18(32)20(27)26(5)8-14(30)17(31)11(3)13(26)7-15(27)39-24(19)35/h8,12,15-16,18-22,29-30,32-33H,1,7,9H2,2-6H3. The summed E-state index contributed by atoms with van der Waals surface area (Å²) in [5.74, 6) is -7.94. The van der Waals surface area contributed by atoms with Crippen molar-refractivity contribution < 1.29 is 58.6 Å². The van der Waals surface area contributed by atoms with Gasteiger partial charge in [-0.25, -0.2) is 9.59 Å². The third-order valence-electron chi connectivity index (χ3n) is 9.84. The van der Waals surface area contributed by atoms with Gasteiger partial charge >= 0.3 is 17.9 Å². The summed E-state index contributed by atoms with van der Waals surface area (Å²) in [7, 11) is 1.06. The zero-order valence-electron chi connectivity index (χ0n) is 22.9. The molecule has 1 spiro atoms. The SMILES string of the molecule is C=C(C)C(C(=O)OC1C(=O)OC2CC3=C(C)C(=O)C(O)=CC3(C)C3C(O)C(O)C4(C(=O)OC)OCC23C14)C(C)O. The highest BCUT2D eigenvalue weighted by atomic mass is 16.6. The summed E-state index contributed by atoms with van der Waals surface area (Å²) in [5, 5.41) is 44.0. The Balaban J connectivity index is 1.74. The molecule has 2 aliphatic heterocycles. The van der Waals surface area contributed by atoms with E-state index in [1.807, 2.05) is 0 Å². The highest BCUT2D eigenvalue weighted by Crippen LogP contribution is 2.71. The van der Waals surface area contributed by atoms with Gasteiger partial charge in [0.15, 0.2) is 5.76 Å². The van der Waals surface area contributed by atoms with E-state index in [0.717, 1.165) is 7.11 Å². The highest BCUT2D eigenvalue weighted by Gasteiger charge is 2.84. The number of hydrogen-bond donors (Lipinski definition) is 4. The zero-order chi connectivity index (χ0) is 29.7. The van der Waals surface area contributed by atoms with Crippen molar-refractivity contribution >= 4 is 23.7 Å². The fourth-order valence-corrected chi connectivity index (χ4v) is 8.32. The third kappa shape index (κ3) is 3.27. The molecule has 5 aliphatic rings. The van der Waals surface area contributed by atoms with Gasteiger partial charge in [0, 0.05) is 28.7 Å². The van der Waals surface area contributed by atoms with Gasteiger partial charge < -0.3 is 39.4 Å². The first-order chi connectivity index (χ1) is 18.6. The number of ether oxygens (including phenoxy) is 4. The fraction of sp³-hybridized carbons (Fsp3) is 0.643. The normalized spacial score (nSPS) is 43.0. The Kier molecular flexibility index (Phi) is 6.38. The van der Waals surface area contributed by atoms with Crippen LogP contribution in [0.2, 0.25) is 0 Å². The number of methoxy groups -OCH3 is 1. The number of rotatable bonds is 5. The summed E-state index contributed by atoms with van der Waals surface area (Å²) < 4.78 is 22.6. The Morgan fingerprint density at radius 2 is 1.88 bits per heavy atom. The van der Waals surface area contributed by atoms with Crippen LogP contribution in [-0.2, 0) is 38.1 Å². The van der Waals surface area contributed by atoms with Crippen LogP contribution in [0.4, 0.5) is 0 Å². The molecular weight excluding hydrogens is 528 g/mol. The third-order valence-corrected chi connectivity index (χ3v) is 9.84. The van der Waals surface area contributed by atoms with Crippen molar-refractivity contribution in [1.29, 1.82) is 0 Å². The molecule has 0 aromatic carbocycles. The molecule has 40 heavy (non-hydrogen) atoms. The van der Waals surface area contributed by atoms with Crippen LogP contribution < -0.4 is 0 Å². The van der Waals surface area contributed by atoms with Gasteiger partial charge in [-0.15, -0.1) is 0 Å². The molecule has 11 unspecified atom stereocenters. The number of hydrogen-bond acceptors (Lipinski definition) is 12. The number of aliphatic hydroxyl groups excluding tert-OH is 4. The van der Waals surface area contributed by atoms with E-state index in [0.29, 0.717) is 5.57 Å². The maximum atomic E-state index is 13.6. The average Bonchev–Trinajstić information content (AvgIpc) is 3.17. The Bertz CT molecular complexity index is 1280. The van der Waals surface area contributed by atoms with E-state index in [1.165, 1.54) is 26.8 Å². The van der Waals surface area contributed by atoms with E-state index in [1.54, 1.807) is 6.92 Å². The topological polar surface area (TPSA) is 186 Å². The molecule has 4 N–H and O–H groups in total. The average molecular weight is 563 g/mol. The predicted octanol–water partition coefficient (Wildman–Crippen LogP) is 0.0440. The molecular formula is C28H34O12. The van der Waals surface area contributed by atoms with Gasteiger partial charge in [0.05, 0.1) is 31.8 Å². The monoisotopic (exact) mass is 562 g/mol. The van der Waals surface area contributed by atoms with Crippen LogP contribution in [0.25, 0.3) is 0 Å². The van der Waals surface area contributed by atoms with Crippen molar-refractivity contribution in [3.8, 4) is 0 Å². The first kappa shape index (κ1) is 28.5. The molecule has 0 radical (unpaired) electrons. The number of carbonyl (C=O) groups excluding carboxylic acids is 4. The summed E-state index contributed by atoms with van der Waals surface area (Å²) >= 11 is 0. The van der Waals surface area contributed by atoms with Crippen molar-refractivity contribution in [2.24, 2.45) is 28.6 Å². The van der Waals surface area contributed by atoms with Crippen LogP contribution in [-0.4, -0.2) is 94.0 Å². The van der Waals surface area contributed by atoms with Gasteiger partial charge in [-0.1, -0.05) is 19.1 Å². The van der Waals surface area contributed by atoms with Gasteiger partial charge in [-0.3, -0.25) is 9.59 Å². The number of esters is 3. The second-order valence-electron chi connectivity index (χ2n) is 11.9. The molecule has 4 fully saturated rings. The maximum Gasteiger partial charge on any atom is 0.348 e. The van der Waals surface area contributed by atoms with Gasteiger partial charge in [0.1, 0.15) is 18.1 Å². The molecule has 218 valence electrons. The van der Waals surface area contributed by atoms with Gasteiger partial charge in [-0.05, 0) is 32.4 Å². The van der Waals surface area contributed by atoms with Crippen LogP contribution in [0.1, 0.15) is 34.1 Å². The number of allylic oxidation sites excluding steroid dienone is 2. The number of Topliss-reactive ketones (excluding diaryl/α,β-unsaturated/α-hetero) is 1. The van der Waals surface area contributed by atoms with Gasteiger partial charge in [-0.2, -0.15) is 0 Å². The summed E-state index contributed by atoms with van der Waals surface area (Å²) in [4.78, 5) is 52.9. The minimum Gasteiger partial charge on any atom is -0.504 e. The van der Waals surface area contributed by atoms with Crippen molar-refractivity contribution in [3.63, 3.8) is 0 Å². The molecule has 12 heteroatoms. The van der Waals surface area contributed by atoms with Gasteiger partial charge in [0.2, 0.25) is 17.5 Å². The quantitative estimate of drug-likeness (QED) is 0.201. The largest absolute Gasteiger partial charge is 0.504 e. The van der Waals surface area contributed by atoms with Crippen LogP contribution in [0, 0.1) is 28.6 Å². The van der Waals surface area contributed by atoms with E-state index >= 15 is 0 Å². The second-order valence-corrected chi connectivity index (χ2v) is 11.9. The summed E-state index contributed by atoms with van der Waals surface area (Å²) in [6, 6.07) is 0. The molecule has 2 bridgehead atoms. The van der Waals surface area contributed by atoms with Crippen molar-refractivity contribution in [1.82, 2.24) is 0 Å². The zero-order valence-corrected chi connectivity index (χ0v) is 22.9. The van der Waals surface area contributed by atoms with Crippen LogP contribution in [0.5, 0.6) is 0 Å².